The van der Waals surface area contributed by atoms with Gasteiger partial charge in [-0.2, -0.15) is 5.10 Å². The molecule has 1 N–H and O–H groups in total. The van der Waals surface area contributed by atoms with Crippen LogP contribution in [0.2, 0.25) is 0 Å². The first-order chi connectivity index (χ1) is 8.29. The monoisotopic (exact) mass is 234 g/mol. The van der Waals surface area contributed by atoms with E-state index in [-0.39, 0.29) is 0 Å². The number of aromatic nitrogens is 3. The van der Waals surface area contributed by atoms with Crippen LogP contribution in [0.1, 0.15) is 30.7 Å². The van der Waals surface area contributed by atoms with E-state index in [9.17, 15) is 0 Å². The van der Waals surface area contributed by atoms with E-state index in [2.05, 4.69) is 22.3 Å². The van der Waals surface area contributed by atoms with Crippen molar-refractivity contribution in [3.8, 4) is 0 Å². The first-order valence-electron chi connectivity index (χ1n) is 5.92. The van der Waals surface area contributed by atoms with E-state index in [0.717, 1.165) is 31.2 Å². The van der Waals surface area contributed by atoms with Gasteiger partial charge in [0.25, 0.3) is 0 Å². The number of nitrogens with one attached hydrogen (secondary N) is 1. The van der Waals surface area contributed by atoms with Crippen LogP contribution in [0.4, 0.5) is 0 Å². The summed E-state index contributed by atoms with van der Waals surface area (Å²) in [4.78, 5) is 4.14. The second-order valence-corrected chi connectivity index (χ2v) is 4.01. The van der Waals surface area contributed by atoms with Gasteiger partial charge in [-0.05, 0) is 19.4 Å². The van der Waals surface area contributed by atoms with Crippen LogP contribution in [-0.2, 0) is 19.6 Å². The summed E-state index contributed by atoms with van der Waals surface area (Å²) in [5.41, 5.74) is 1.19. The van der Waals surface area contributed by atoms with E-state index >= 15 is 0 Å². The molecule has 2 rings (SSSR count). The summed E-state index contributed by atoms with van der Waals surface area (Å²) in [5.74, 6) is 1.57. The van der Waals surface area contributed by atoms with Crippen LogP contribution in [-0.4, -0.2) is 14.8 Å². The van der Waals surface area contributed by atoms with Crippen molar-refractivity contribution in [2.24, 2.45) is 0 Å². The molecule has 0 spiro atoms. The van der Waals surface area contributed by atoms with Gasteiger partial charge in [0.1, 0.15) is 5.76 Å². The largest absolute Gasteiger partial charge is 0.445 e. The zero-order chi connectivity index (χ0) is 12.1. The van der Waals surface area contributed by atoms with Gasteiger partial charge in [-0.25, -0.2) is 4.98 Å². The second-order valence-electron chi connectivity index (χ2n) is 4.01. The third-order valence-electron chi connectivity index (χ3n) is 2.49. The molecular weight excluding hydrogens is 216 g/mol. The van der Waals surface area contributed by atoms with Crippen LogP contribution >= 0.6 is 0 Å². The number of nitrogens with zero attached hydrogens (tertiary/aromatic N) is 3. The van der Waals surface area contributed by atoms with Crippen molar-refractivity contribution in [1.29, 1.82) is 0 Å². The predicted octanol–water partition coefficient (Wildman–Crippen LogP) is 1.88. The Morgan fingerprint density at radius 1 is 1.41 bits per heavy atom. The average Bonchev–Trinajstić information content (AvgIpc) is 2.90. The molecule has 0 aliphatic rings. The maximum atomic E-state index is 5.38. The van der Waals surface area contributed by atoms with Crippen molar-refractivity contribution >= 4 is 0 Å². The predicted molar refractivity (Wildman–Crippen MR) is 64.3 cm³/mol. The number of oxazole rings is 1. The smallest absolute Gasteiger partial charge is 0.208 e. The third-order valence-corrected chi connectivity index (χ3v) is 2.49. The van der Waals surface area contributed by atoms with E-state index in [0.29, 0.717) is 6.54 Å². The fourth-order valence-electron chi connectivity index (χ4n) is 1.70. The third kappa shape index (κ3) is 3.17. The number of hydrogen-bond donors (Lipinski definition) is 1. The molecule has 0 aliphatic carbocycles. The van der Waals surface area contributed by atoms with Gasteiger partial charge in [-0.3, -0.25) is 4.68 Å². The normalized spacial score (nSPS) is 10.9. The lowest BCUT2D eigenvalue weighted by molar-refractivity contribution is 0.444. The molecule has 0 aromatic carbocycles. The van der Waals surface area contributed by atoms with E-state index < -0.39 is 0 Å². The van der Waals surface area contributed by atoms with Crippen molar-refractivity contribution in [1.82, 2.24) is 20.1 Å². The Labute approximate surface area is 101 Å². The quantitative estimate of drug-likeness (QED) is 0.829. The molecule has 92 valence electrons. The van der Waals surface area contributed by atoms with Gasteiger partial charge in [0.15, 0.2) is 0 Å². The molecule has 2 aromatic rings. The standard InChI is InChI=1S/C12H18N4O/c1-3-6-16-11(4-5-15-16)8-13-9-12-14-7-10(2)17-12/h4-5,7,13H,3,6,8-9H2,1-2H3. The van der Waals surface area contributed by atoms with Gasteiger partial charge in [-0.15, -0.1) is 0 Å². The van der Waals surface area contributed by atoms with Crippen LogP contribution in [0.15, 0.2) is 22.9 Å². The summed E-state index contributed by atoms with van der Waals surface area (Å²) >= 11 is 0. The van der Waals surface area contributed by atoms with Crippen LogP contribution in [0.25, 0.3) is 0 Å². The van der Waals surface area contributed by atoms with Crippen LogP contribution in [0.5, 0.6) is 0 Å². The first-order valence-corrected chi connectivity index (χ1v) is 5.92. The highest BCUT2D eigenvalue weighted by atomic mass is 16.4. The molecule has 2 aromatic heterocycles. The highest BCUT2D eigenvalue weighted by molar-refractivity contribution is 5.00. The Morgan fingerprint density at radius 3 is 3.00 bits per heavy atom. The molecule has 17 heavy (non-hydrogen) atoms. The van der Waals surface area contributed by atoms with E-state index in [1.54, 1.807) is 6.20 Å². The van der Waals surface area contributed by atoms with Crippen molar-refractivity contribution in [3.63, 3.8) is 0 Å². The van der Waals surface area contributed by atoms with Gasteiger partial charge >= 0.3 is 0 Å². The highest BCUT2D eigenvalue weighted by Gasteiger charge is 2.03. The fraction of sp³-hybridized carbons (Fsp3) is 0.500. The maximum Gasteiger partial charge on any atom is 0.208 e. The minimum Gasteiger partial charge on any atom is -0.445 e. The minimum atomic E-state index is 0.644. The highest BCUT2D eigenvalue weighted by Crippen LogP contribution is 2.03. The summed E-state index contributed by atoms with van der Waals surface area (Å²) < 4.78 is 7.41. The molecule has 0 aliphatic heterocycles. The zero-order valence-electron chi connectivity index (χ0n) is 10.3. The van der Waals surface area contributed by atoms with Gasteiger partial charge in [0.2, 0.25) is 5.89 Å². The summed E-state index contributed by atoms with van der Waals surface area (Å²) in [6.45, 7) is 6.43. The van der Waals surface area contributed by atoms with Crippen molar-refractivity contribution < 1.29 is 4.42 Å². The summed E-state index contributed by atoms with van der Waals surface area (Å²) in [6, 6.07) is 2.03. The Hall–Kier alpha value is -1.62. The molecule has 5 nitrogen and oxygen atoms in total. The van der Waals surface area contributed by atoms with Gasteiger partial charge < -0.3 is 9.73 Å². The Bertz CT molecular complexity index is 461. The van der Waals surface area contributed by atoms with Crippen molar-refractivity contribution in [2.75, 3.05) is 0 Å². The molecule has 0 bridgehead atoms. The fourth-order valence-corrected chi connectivity index (χ4v) is 1.70. The van der Waals surface area contributed by atoms with Crippen molar-refractivity contribution in [3.05, 3.63) is 35.8 Å². The summed E-state index contributed by atoms with van der Waals surface area (Å²) in [5, 5.41) is 7.57. The lowest BCUT2D eigenvalue weighted by atomic mass is 10.4. The molecule has 0 saturated carbocycles. The van der Waals surface area contributed by atoms with E-state index in [1.807, 2.05) is 23.9 Å². The van der Waals surface area contributed by atoms with E-state index in [1.165, 1.54) is 5.69 Å². The molecule has 2 heterocycles. The first kappa shape index (κ1) is 11.9. The van der Waals surface area contributed by atoms with Gasteiger partial charge in [0, 0.05) is 19.3 Å². The minimum absolute atomic E-state index is 0.644. The Balaban J connectivity index is 1.83. The lowest BCUT2D eigenvalue weighted by Crippen LogP contribution is -2.16. The SMILES string of the molecule is CCCn1nccc1CNCc1ncc(C)o1. The van der Waals surface area contributed by atoms with Crippen LogP contribution < -0.4 is 5.32 Å². The maximum absolute atomic E-state index is 5.38. The lowest BCUT2D eigenvalue weighted by Gasteiger charge is -2.06. The molecule has 0 atom stereocenters. The number of rotatable bonds is 6. The summed E-state index contributed by atoms with van der Waals surface area (Å²) in [7, 11) is 0. The van der Waals surface area contributed by atoms with Crippen molar-refractivity contribution in [2.45, 2.75) is 39.9 Å². The molecule has 0 saturated heterocycles. The second kappa shape index (κ2) is 5.63. The molecule has 0 amide bonds. The van der Waals surface area contributed by atoms with Gasteiger partial charge in [0.05, 0.1) is 18.4 Å². The molecular formula is C12H18N4O. The number of hydrogen-bond acceptors (Lipinski definition) is 4. The van der Waals surface area contributed by atoms with Crippen LogP contribution in [0, 0.1) is 6.92 Å². The van der Waals surface area contributed by atoms with Gasteiger partial charge in [-0.1, -0.05) is 6.92 Å². The Morgan fingerprint density at radius 2 is 2.29 bits per heavy atom. The topological polar surface area (TPSA) is 55.9 Å². The Kier molecular flexibility index (Phi) is 3.93. The molecule has 0 fully saturated rings. The van der Waals surface area contributed by atoms with E-state index in [4.69, 9.17) is 4.42 Å². The zero-order valence-corrected chi connectivity index (χ0v) is 10.3. The average molecular weight is 234 g/mol. The molecule has 0 radical (unpaired) electrons. The summed E-state index contributed by atoms with van der Waals surface area (Å²) in [6.07, 6.45) is 4.66. The molecule has 5 heteroatoms. The van der Waals surface area contributed by atoms with Crippen LogP contribution in [0.3, 0.4) is 0 Å². The molecule has 0 unspecified atom stereocenters. The number of aryl methyl sites for hydroxylation is 2.